The predicted octanol–water partition coefficient (Wildman–Crippen LogP) is 3.06. The van der Waals surface area contributed by atoms with Crippen LogP contribution < -0.4 is 5.32 Å². The molecule has 0 saturated heterocycles. The summed E-state index contributed by atoms with van der Waals surface area (Å²) in [6.45, 7) is 6.23. The first-order chi connectivity index (χ1) is 7.62. The first-order valence-electron chi connectivity index (χ1n) is 5.63. The van der Waals surface area contributed by atoms with Crippen molar-refractivity contribution < 1.29 is 9.53 Å². The van der Waals surface area contributed by atoms with Gasteiger partial charge in [0.05, 0.1) is 12.1 Å². The molecule has 0 aliphatic carbocycles. The largest absolute Gasteiger partial charge is 0.450 e. The Hall–Kier alpha value is -1.51. The lowest BCUT2D eigenvalue weighted by Crippen LogP contribution is -2.43. The molecule has 1 rings (SSSR count). The average Bonchev–Trinajstić information content (AvgIpc) is 2.30. The van der Waals surface area contributed by atoms with Gasteiger partial charge in [0.2, 0.25) is 0 Å². The molecule has 0 bridgehead atoms. The van der Waals surface area contributed by atoms with Crippen molar-refractivity contribution in [2.45, 2.75) is 32.7 Å². The van der Waals surface area contributed by atoms with Crippen molar-refractivity contribution in [3.63, 3.8) is 0 Å². The predicted molar refractivity (Wildman–Crippen MR) is 64.2 cm³/mol. The SMILES string of the molecule is CCOC(=O)NC(C)(CC)c1ccccc1. The third-order valence-electron chi connectivity index (χ3n) is 2.77. The average molecular weight is 221 g/mol. The van der Waals surface area contributed by atoms with Crippen molar-refractivity contribution >= 4 is 6.09 Å². The minimum atomic E-state index is -0.368. The second-order valence-corrected chi connectivity index (χ2v) is 3.90. The van der Waals surface area contributed by atoms with Gasteiger partial charge in [0.25, 0.3) is 0 Å². The molecule has 0 saturated carbocycles. The summed E-state index contributed by atoms with van der Waals surface area (Å²) >= 11 is 0. The molecule has 0 aliphatic heterocycles. The number of nitrogens with one attached hydrogen (secondary N) is 1. The van der Waals surface area contributed by atoms with Crippen molar-refractivity contribution in [2.75, 3.05) is 6.61 Å². The highest BCUT2D eigenvalue weighted by atomic mass is 16.5. The van der Waals surface area contributed by atoms with E-state index in [1.165, 1.54) is 0 Å². The van der Waals surface area contributed by atoms with E-state index >= 15 is 0 Å². The monoisotopic (exact) mass is 221 g/mol. The summed E-state index contributed by atoms with van der Waals surface area (Å²) in [4.78, 5) is 11.5. The van der Waals surface area contributed by atoms with Gasteiger partial charge in [-0.2, -0.15) is 0 Å². The van der Waals surface area contributed by atoms with Gasteiger partial charge < -0.3 is 10.1 Å². The van der Waals surface area contributed by atoms with Crippen molar-refractivity contribution in [2.24, 2.45) is 0 Å². The van der Waals surface area contributed by atoms with Crippen molar-refractivity contribution in [1.29, 1.82) is 0 Å². The van der Waals surface area contributed by atoms with Gasteiger partial charge in [-0.05, 0) is 25.8 Å². The van der Waals surface area contributed by atoms with Crippen LogP contribution in [0.15, 0.2) is 30.3 Å². The Labute approximate surface area is 96.8 Å². The third kappa shape index (κ3) is 2.99. The molecule has 0 aliphatic rings. The van der Waals surface area contributed by atoms with Gasteiger partial charge in [0.1, 0.15) is 0 Å². The molecular weight excluding hydrogens is 202 g/mol. The van der Waals surface area contributed by atoms with Gasteiger partial charge in [-0.25, -0.2) is 4.79 Å². The fourth-order valence-corrected chi connectivity index (χ4v) is 1.56. The molecule has 3 heteroatoms. The summed E-state index contributed by atoms with van der Waals surface area (Å²) in [6, 6.07) is 9.92. The molecule has 0 radical (unpaired) electrons. The maximum Gasteiger partial charge on any atom is 0.407 e. The molecule has 0 aromatic heterocycles. The minimum absolute atomic E-state index is 0.365. The zero-order valence-electron chi connectivity index (χ0n) is 10.1. The quantitative estimate of drug-likeness (QED) is 0.848. The number of carbonyl (C=O) groups is 1. The van der Waals surface area contributed by atoms with Crippen LogP contribution in [-0.2, 0) is 10.3 Å². The standard InChI is InChI=1S/C13H19NO2/c1-4-13(3,14-12(15)16-5-2)11-9-7-6-8-10-11/h6-10H,4-5H2,1-3H3,(H,14,15). The maximum atomic E-state index is 11.5. The van der Waals surface area contributed by atoms with Crippen LogP contribution in [-0.4, -0.2) is 12.7 Å². The highest BCUT2D eigenvalue weighted by Gasteiger charge is 2.26. The molecule has 1 aromatic carbocycles. The summed E-state index contributed by atoms with van der Waals surface area (Å²) in [6.07, 6.45) is 0.450. The van der Waals surface area contributed by atoms with E-state index in [4.69, 9.17) is 4.74 Å². The van der Waals surface area contributed by atoms with Gasteiger partial charge in [0, 0.05) is 0 Å². The van der Waals surface area contributed by atoms with Gasteiger partial charge in [-0.1, -0.05) is 37.3 Å². The second-order valence-electron chi connectivity index (χ2n) is 3.90. The molecule has 0 fully saturated rings. The zero-order valence-corrected chi connectivity index (χ0v) is 10.1. The molecule has 1 unspecified atom stereocenters. The highest BCUT2D eigenvalue weighted by molar-refractivity contribution is 5.68. The summed E-state index contributed by atoms with van der Waals surface area (Å²) in [7, 11) is 0. The molecule has 3 nitrogen and oxygen atoms in total. The lowest BCUT2D eigenvalue weighted by molar-refractivity contribution is 0.138. The summed E-state index contributed by atoms with van der Waals surface area (Å²) in [5.41, 5.74) is 0.721. The van der Waals surface area contributed by atoms with Crippen molar-refractivity contribution in [1.82, 2.24) is 5.32 Å². The van der Waals surface area contributed by atoms with Crippen LogP contribution >= 0.6 is 0 Å². The highest BCUT2D eigenvalue weighted by Crippen LogP contribution is 2.24. The molecule has 1 aromatic rings. The van der Waals surface area contributed by atoms with Crippen molar-refractivity contribution in [3.8, 4) is 0 Å². The smallest absolute Gasteiger partial charge is 0.407 e. The first kappa shape index (κ1) is 12.6. The maximum absolute atomic E-state index is 11.5. The number of carbonyl (C=O) groups excluding carboxylic acids is 1. The number of rotatable bonds is 4. The van der Waals surface area contributed by atoms with Crippen LogP contribution in [0.2, 0.25) is 0 Å². The number of benzene rings is 1. The van der Waals surface area contributed by atoms with Gasteiger partial charge in [0.15, 0.2) is 0 Å². The summed E-state index contributed by atoms with van der Waals surface area (Å²) in [5.74, 6) is 0. The van der Waals surface area contributed by atoms with Crippen LogP contribution in [0.4, 0.5) is 4.79 Å². The number of amides is 1. The number of hydrogen-bond acceptors (Lipinski definition) is 2. The fraction of sp³-hybridized carbons (Fsp3) is 0.462. The van der Waals surface area contributed by atoms with Crippen LogP contribution in [0.1, 0.15) is 32.8 Å². The van der Waals surface area contributed by atoms with E-state index in [-0.39, 0.29) is 11.6 Å². The Kier molecular flexibility index (Phi) is 4.35. The molecular formula is C13H19NO2. The minimum Gasteiger partial charge on any atom is -0.450 e. The van der Waals surface area contributed by atoms with Gasteiger partial charge in [-0.15, -0.1) is 0 Å². The number of ether oxygens (including phenoxy) is 1. The lowest BCUT2D eigenvalue weighted by Gasteiger charge is -2.29. The lowest BCUT2D eigenvalue weighted by atomic mass is 9.89. The fourth-order valence-electron chi connectivity index (χ4n) is 1.56. The van der Waals surface area contributed by atoms with E-state index in [0.29, 0.717) is 6.61 Å². The van der Waals surface area contributed by atoms with Gasteiger partial charge >= 0.3 is 6.09 Å². The van der Waals surface area contributed by atoms with Crippen LogP contribution in [0.25, 0.3) is 0 Å². The molecule has 1 amide bonds. The molecule has 88 valence electrons. The van der Waals surface area contributed by atoms with E-state index in [1.807, 2.05) is 44.2 Å². The van der Waals surface area contributed by atoms with Gasteiger partial charge in [-0.3, -0.25) is 0 Å². The molecule has 0 heterocycles. The molecule has 16 heavy (non-hydrogen) atoms. The second kappa shape index (κ2) is 5.54. The van der Waals surface area contributed by atoms with E-state index in [1.54, 1.807) is 6.92 Å². The van der Waals surface area contributed by atoms with E-state index in [2.05, 4.69) is 5.32 Å². The van der Waals surface area contributed by atoms with Crippen LogP contribution in [0.5, 0.6) is 0 Å². The third-order valence-corrected chi connectivity index (χ3v) is 2.77. The summed E-state index contributed by atoms with van der Waals surface area (Å²) < 4.78 is 4.91. The van der Waals surface area contributed by atoms with Crippen LogP contribution in [0, 0.1) is 0 Å². The Bertz CT molecular complexity index is 337. The van der Waals surface area contributed by atoms with E-state index in [0.717, 1.165) is 12.0 Å². The Morgan fingerprint density at radius 3 is 2.44 bits per heavy atom. The molecule has 1 N–H and O–H groups in total. The summed E-state index contributed by atoms with van der Waals surface area (Å²) in [5, 5.41) is 2.90. The zero-order chi connectivity index (χ0) is 12.0. The molecule has 0 spiro atoms. The Balaban J connectivity index is 2.82. The Morgan fingerprint density at radius 2 is 1.94 bits per heavy atom. The molecule has 1 atom stereocenters. The first-order valence-corrected chi connectivity index (χ1v) is 5.63. The number of hydrogen-bond donors (Lipinski definition) is 1. The Morgan fingerprint density at radius 1 is 1.31 bits per heavy atom. The van der Waals surface area contributed by atoms with Crippen LogP contribution in [0.3, 0.4) is 0 Å². The van der Waals surface area contributed by atoms with E-state index in [9.17, 15) is 4.79 Å². The van der Waals surface area contributed by atoms with E-state index < -0.39 is 0 Å². The van der Waals surface area contributed by atoms with Crippen molar-refractivity contribution in [3.05, 3.63) is 35.9 Å². The normalized spacial score (nSPS) is 13.9. The topological polar surface area (TPSA) is 38.3 Å². The number of alkyl carbamates (subject to hydrolysis) is 1.